The molecule has 12 rings (SSSR count). The summed E-state index contributed by atoms with van der Waals surface area (Å²) in [6, 6.07) is 63.8. The number of aromatic nitrogens is 4. The van der Waals surface area contributed by atoms with Gasteiger partial charge in [0.05, 0.1) is 16.7 Å². The number of hydrogen-bond acceptors (Lipinski definition) is 5. The van der Waals surface area contributed by atoms with E-state index in [9.17, 15) is 0 Å². The molecule has 0 bridgehead atoms. The zero-order valence-electron chi connectivity index (χ0n) is 30.4. The number of furan rings is 1. The van der Waals surface area contributed by atoms with Crippen molar-refractivity contribution in [2.45, 2.75) is 0 Å². The highest BCUT2D eigenvalue weighted by Gasteiger charge is 2.20. The molecule has 6 heteroatoms. The first-order valence-corrected chi connectivity index (χ1v) is 19.8. The van der Waals surface area contributed by atoms with E-state index in [0.717, 1.165) is 49.8 Å². The molecular weight excluding hydrogens is 717 g/mol. The van der Waals surface area contributed by atoms with Crippen molar-refractivity contribution in [1.29, 1.82) is 0 Å². The summed E-state index contributed by atoms with van der Waals surface area (Å²) < 4.78 is 11.4. The summed E-state index contributed by atoms with van der Waals surface area (Å²) in [5.41, 5.74) is 10.3. The third-order valence-corrected chi connectivity index (χ3v) is 12.2. The topological polar surface area (TPSA) is 56.7 Å². The number of para-hydroxylation sites is 2. The van der Waals surface area contributed by atoms with Crippen molar-refractivity contribution in [3.05, 3.63) is 182 Å². The van der Waals surface area contributed by atoms with Crippen LogP contribution >= 0.6 is 11.3 Å². The van der Waals surface area contributed by atoms with Gasteiger partial charge in [-0.2, -0.15) is 0 Å². The minimum absolute atomic E-state index is 0.604. The van der Waals surface area contributed by atoms with Crippen LogP contribution in [0.25, 0.3) is 115 Å². The molecule has 12 aromatic rings. The largest absolute Gasteiger partial charge is 0.456 e. The van der Waals surface area contributed by atoms with Gasteiger partial charge in [0.1, 0.15) is 11.2 Å². The molecule has 0 aliphatic heterocycles. The van der Waals surface area contributed by atoms with Crippen LogP contribution in [0.1, 0.15) is 0 Å². The first kappa shape index (κ1) is 31.9. The molecule has 5 nitrogen and oxygen atoms in total. The van der Waals surface area contributed by atoms with Gasteiger partial charge in [0.15, 0.2) is 17.5 Å². The smallest absolute Gasteiger partial charge is 0.164 e. The summed E-state index contributed by atoms with van der Waals surface area (Å²) in [4.78, 5) is 15.1. The lowest BCUT2D eigenvalue weighted by Crippen LogP contribution is -2.00. The lowest BCUT2D eigenvalue weighted by Gasteiger charge is -2.10. The Morgan fingerprint density at radius 1 is 0.386 bits per heavy atom. The molecule has 266 valence electrons. The Bertz CT molecular complexity index is 3420. The monoisotopic (exact) mass is 746 g/mol. The van der Waals surface area contributed by atoms with Crippen molar-refractivity contribution in [3.63, 3.8) is 0 Å². The van der Waals surface area contributed by atoms with Crippen LogP contribution in [-0.4, -0.2) is 19.5 Å². The Morgan fingerprint density at radius 3 is 1.72 bits per heavy atom. The second kappa shape index (κ2) is 12.6. The minimum atomic E-state index is 0.604. The van der Waals surface area contributed by atoms with Gasteiger partial charge in [-0.3, -0.25) is 0 Å². The van der Waals surface area contributed by atoms with E-state index in [1.807, 2.05) is 84.1 Å². The zero-order valence-corrected chi connectivity index (χ0v) is 31.2. The van der Waals surface area contributed by atoms with Gasteiger partial charge in [0.2, 0.25) is 0 Å². The molecule has 57 heavy (non-hydrogen) atoms. The highest BCUT2D eigenvalue weighted by atomic mass is 32.1. The van der Waals surface area contributed by atoms with Gasteiger partial charge in [0, 0.05) is 58.4 Å². The van der Waals surface area contributed by atoms with Crippen LogP contribution in [0.5, 0.6) is 0 Å². The van der Waals surface area contributed by atoms with Crippen molar-refractivity contribution >= 4 is 75.3 Å². The van der Waals surface area contributed by atoms with E-state index in [4.69, 9.17) is 19.4 Å². The van der Waals surface area contributed by atoms with E-state index < -0.39 is 0 Å². The van der Waals surface area contributed by atoms with E-state index in [2.05, 4.69) is 114 Å². The van der Waals surface area contributed by atoms with Crippen molar-refractivity contribution < 1.29 is 4.42 Å². The maximum Gasteiger partial charge on any atom is 0.164 e. The van der Waals surface area contributed by atoms with Gasteiger partial charge in [-0.15, -0.1) is 11.3 Å². The van der Waals surface area contributed by atoms with Crippen LogP contribution in [0.4, 0.5) is 0 Å². The predicted molar refractivity (Wildman–Crippen MR) is 236 cm³/mol. The van der Waals surface area contributed by atoms with E-state index in [0.29, 0.717) is 17.5 Å². The van der Waals surface area contributed by atoms with Crippen LogP contribution in [0, 0.1) is 0 Å². The molecule has 0 amide bonds. The third-order valence-electron chi connectivity index (χ3n) is 11.1. The molecule has 0 saturated carbocycles. The molecule has 4 heterocycles. The van der Waals surface area contributed by atoms with Crippen LogP contribution < -0.4 is 0 Å². The SMILES string of the molecule is c1ccc(-c2nc(-c3ccccc3)nc(-c3cccc4oc5ccc(-c6ccc7c(c6)sc6cccc(-n8c9ccccc9c9ccccc98)c67)cc5c34)n2)cc1. The van der Waals surface area contributed by atoms with Crippen LogP contribution in [0.15, 0.2) is 186 Å². The van der Waals surface area contributed by atoms with E-state index in [-0.39, 0.29) is 0 Å². The molecule has 0 aliphatic rings. The number of rotatable bonds is 5. The van der Waals surface area contributed by atoms with Gasteiger partial charge in [0.25, 0.3) is 0 Å². The number of hydrogen-bond donors (Lipinski definition) is 0. The molecule has 0 radical (unpaired) electrons. The molecule has 0 N–H and O–H groups in total. The number of fused-ring (bicyclic) bond motifs is 9. The van der Waals surface area contributed by atoms with Crippen molar-refractivity contribution in [2.75, 3.05) is 0 Å². The molecule has 0 spiro atoms. The Labute approximate surface area is 330 Å². The van der Waals surface area contributed by atoms with E-state index in [1.54, 1.807) is 0 Å². The van der Waals surface area contributed by atoms with Gasteiger partial charge >= 0.3 is 0 Å². The molecule has 0 atom stereocenters. The Balaban J connectivity index is 1.02. The Morgan fingerprint density at radius 2 is 1.00 bits per heavy atom. The zero-order chi connectivity index (χ0) is 37.5. The molecule has 0 saturated heterocycles. The van der Waals surface area contributed by atoms with Crippen LogP contribution in [0.2, 0.25) is 0 Å². The van der Waals surface area contributed by atoms with Crippen molar-refractivity contribution in [2.24, 2.45) is 0 Å². The fourth-order valence-electron chi connectivity index (χ4n) is 8.48. The molecule has 0 unspecified atom stereocenters. The highest BCUT2D eigenvalue weighted by molar-refractivity contribution is 7.26. The third kappa shape index (κ3) is 5.04. The number of benzene rings is 8. The average molecular weight is 747 g/mol. The van der Waals surface area contributed by atoms with Crippen molar-refractivity contribution in [1.82, 2.24) is 19.5 Å². The second-order valence-corrected chi connectivity index (χ2v) is 15.4. The van der Waals surface area contributed by atoms with E-state index in [1.165, 1.54) is 47.7 Å². The summed E-state index contributed by atoms with van der Waals surface area (Å²) in [7, 11) is 0. The Kier molecular flexibility index (Phi) is 7.03. The second-order valence-electron chi connectivity index (χ2n) is 14.4. The van der Waals surface area contributed by atoms with Gasteiger partial charge in [-0.1, -0.05) is 133 Å². The fraction of sp³-hybridized carbons (Fsp3) is 0. The van der Waals surface area contributed by atoms with Crippen LogP contribution in [-0.2, 0) is 0 Å². The summed E-state index contributed by atoms with van der Waals surface area (Å²) in [5.74, 6) is 1.86. The molecule has 0 fully saturated rings. The number of nitrogens with zero attached hydrogens (tertiary/aromatic N) is 4. The van der Waals surface area contributed by atoms with Gasteiger partial charge in [-0.25, -0.2) is 15.0 Å². The first-order chi connectivity index (χ1) is 28.2. The lowest BCUT2D eigenvalue weighted by molar-refractivity contribution is 0.669. The standard InChI is InChI=1S/C51H30N4OS/c1-3-13-31(14-4-1)49-52-50(32-15-5-2-6-16-32)54-51(53-49)38-19-11-23-44-47(38)39-29-33(26-28-43(39)56-44)34-25-27-37-46(30-34)57-45-24-12-22-42(48(37)45)55-40-20-9-7-17-35(40)36-18-8-10-21-41(36)55/h1-30H. The summed E-state index contributed by atoms with van der Waals surface area (Å²) in [5, 5.41) is 7.07. The van der Waals surface area contributed by atoms with E-state index >= 15 is 0 Å². The maximum atomic E-state index is 6.48. The number of thiophene rings is 1. The fourth-order valence-corrected chi connectivity index (χ4v) is 9.64. The van der Waals surface area contributed by atoms with Gasteiger partial charge in [-0.05, 0) is 59.7 Å². The lowest BCUT2D eigenvalue weighted by atomic mass is 9.99. The average Bonchev–Trinajstić information content (AvgIpc) is 3.96. The van der Waals surface area contributed by atoms with Crippen molar-refractivity contribution in [3.8, 4) is 51.0 Å². The Hall–Kier alpha value is -7.41. The molecule has 8 aromatic carbocycles. The molecule has 4 aromatic heterocycles. The normalized spacial score (nSPS) is 11.9. The summed E-state index contributed by atoms with van der Waals surface area (Å²) in [6.07, 6.45) is 0. The molecule has 0 aliphatic carbocycles. The summed E-state index contributed by atoms with van der Waals surface area (Å²) >= 11 is 1.84. The van der Waals surface area contributed by atoms with Crippen LogP contribution in [0.3, 0.4) is 0 Å². The highest BCUT2D eigenvalue weighted by Crippen LogP contribution is 2.43. The van der Waals surface area contributed by atoms with Gasteiger partial charge < -0.3 is 8.98 Å². The molecular formula is C51H30N4OS. The quantitative estimate of drug-likeness (QED) is 0.176. The minimum Gasteiger partial charge on any atom is -0.456 e. The summed E-state index contributed by atoms with van der Waals surface area (Å²) in [6.45, 7) is 0. The predicted octanol–water partition coefficient (Wildman–Crippen LogP) is 13.9. The first-order valence-electron chi connectivity index (χ1n) is 19.0. The maximum absolute atomic E-state index is 6.48.